The molecule has 10 nitrogen and oxygen atoms in total. The van der Waals surface area contributed by atoms with Gasteiger partial charge < -0.3 is 53.3 Å². The molecule has 16 heteroatoms. The fraction of sp³-hybridized carbons (Fsp3) is 0. The summed E-state index contributed by atoms with van der Waals surface area (Å²) < 4.78 is 0. The van der Waals surface area contributed by atoms with Gasteiger partial charge in [0.25, 0.3) is 0 Å². The van der Waals surface area contributed by atoms with Crippen molar-refractivity contribution in [1.82, 2.24) is 0 Å². The van der Waals surface area contributed by atoms with Gasteiger partial charge in [-0.05, 0) is 0 Å². The summed E-state index contributed by atoms with van der Waals surface area (Å²) in [6, 6.07) is 0. The predicted molar refractivity (Wildman–Crippen MR) is 87.6 cm³/mol. The Kier molecular flexibility index (Phi) is 197. The predicted octanol–water partition coefficient (Wildman–Crippen LogP) is -7.75. The Labute approximate surface area is 216 Å². The van der Waals surface area contributed by atoms with Crippen molar-refractivity contribution in [2.24, 2.45) is 0 Å². The Bertz CT molecular complexity index is 157. The Hall–Kier alpha value is 3.23. The molecule has 0 aromatic carbocycles. The Morgan fingerprint density at radius 3 is 0.500 bits per heavy atom. The first-order chi connectivity index (χ1) is 3.64. The van der Waals surface area contributed by atoms with Gasteiger partial charge in [0, 0.05) is 47.8 Å². The molecule has 0 fully saturated rings. The molecular weight excluding hydrogens is 920 g/mol. The van der Waals surface area contributed by atoms with E-state index in [9.17, 15) is 0 Å². The topological polar surface area (TPSA) is 271 Å². The molecule has 20 radical (unpaired) electrons. The average Bonchev–Trinajstić information content (AvgIpc) is 1.83. The maximum atomic E-state index is 8.32. The maximum absolute atomic E-state index is 8.32. The van der Waals surface area contributed by atoms with Crippen LogP contribution in [-0.2, 0) is 5.48 Å². The van der Waals surface area contributed by atoms with Crippen molar-refractivity contribution >= 4 is 143 Å². The van der Waals surface area contributed by atoms with Gasteiger partial charge in [-0.3, -0.25) is 0 Å². The van der Waals surface area contributed by atoms with Gasteiger partial charge in [-0.25, -0.2) is 0 Å². The van der Waals surface area contributed by atoms with Crippen LogP contribution < -0.4 is 0 Å². The summed E-state index contributed by atoms with van der Waals surface area (Å²) in [7, 11) is 0. The minimum atomic E-state index is -0.650. The zero-order valence-corrected chi connectivity index (χ0v) is 29.1. The molecule has 20 heavy (non-hydrogen) atoms. The van der Waals surface area contributed by atoms with E-state index in [-0.39, 0.29) is 176 Å². The summed E-state index contributed by atoms with van der Waals surface area (Å²) in [5.74, 6) is -2.60. The maximum Gasteiger partial charge on any atom is 0 e. The van der Waals surface area contributed by atoms with E-state index in [1.54, 1.807) is 0 Å². The largest absolute Gasteiger partial charge is 0 e. The SMILES string of the molecule is O.O.O.O.O.OC1=C(O)C(O)=C1O.[OH3+].[SnH].[SnH].[SnH].[SnH].[Sn].[Sn]. The van der Waals surface area contributed by atoms with Crippen LogP contribution in [-0.4, -0.2) is 191 Å². The zero-order chi connectivity index (χ0) is 6.31. The molecule has 1 rings (SSSR count). The second-order valence-corrected chi connectivity index (χ2v) is 1.39. The van der Waals surface area contributed by atoms with Crippen LogP contribution in [0.5, 0.6) is 0 Å². The average molecular weight is 941 g/mol. The number of aliphatic hydroxyl groups is 4. The molecule has 0 unspecified atom stereocenters. The van der Waals surface area contributed by atoms with Crippen molar-refractivity contribution < 1.29 is 53.3 Å². The van der Waals surface area contributed by atoms with Crippen LogP contribution in [0.2, 0.25) is 0 Å². The molecule has 0 saturated heterocycles. The van der Waals surface area contributed by atoms with Crippen molar-refractivity contribution in [3.05, 3.63) is 23.0 Å². The van der Waals surface area contributed by atoms with E-state index < -0.39 is 23.0 Å². The van der Waals surface area contributed by atoms with Crippen molar-refractivity contribution in [3.63, 3.8) is 0 Å². The van der Waals surface area contributed by atoms with Crippen molar-refractivity contribution in [2.75, 3.05) is 0 Å². The minimum Gasteiger partial charge on any atom is 0 e. The summed E-state index contributed by atoms with van der Waals surface area (Å²) in [6.07, 6.45) is 0. The molecule has 0 aromatic rings. The molecule has 0 spiro atoms. The number of hydrogen-bond donors (Lipinski definition) is 4. The third-order valence-electron chi connectivity index (χ3n) is 0.897. The van der Waals surface area contributed by atoms with Crippen LogP contribution in [0.3, 0.4) is 0 Å². The van der Waals surface area contributed by atoms with Gasteiger partial charge in [-0.15, -0.1) is 0 Å². The molecule has 0 aromatic heterocycles. The van der Waals surface area contributed by atoms with Crippen molar-refractivity contribution in [3.8, 4) is 0 Å². The first-order valence-electron chi connectivity index (χ1n) is 1.89. The van der Waals surface area contributed by atoms with Crippen molar-refractivity contribution in [1.29, 1.82) is 0 Å². The van der Waals surface area contributed by atoms with Crippen LogP contribution in [0.1, 0.15) is 0 Å². The zero-order valence-electron chi connectivity index (χ0n) is 10.2. The van der Waals surface area contributed by atoms with E-state index in [1.807, 2.05) is 0 Å². The van der Waals surface area contributed by atoms with Gasteiger partial charge in [0.1, 0.15) is 0 Å². The quantitative estimate of drug-likeness (QED) is 0.136. The monoisotopic (exact) mass is 949 g/mol. The fourth-order valence-electron chi connectivity index (χ4n) is 0.386. The van der Waals surface area contributed by atoms with E-state index in [1.165, 1.54) is 0 Å². The van der Waals surface area contributed by atoms with Crippen LogP contribution in [0.25, 0.3) is 0 Å². The summed E-state index contributed by atoms with van der Waals surface area (Å²) in [4.78, 5) is 0. The molecule has 0 aliphatic heterocycles. The van der Waals surface area contributed by atoms with Gasteiger partial charge in [-0.2, -0.15) is 0 Å². The van der Waals surface area contributed by atoms with Crippen LogP contribution in [0.15, 0.2) is 23.0 Å². The molecular formula is C4H21O10Sn6+. The first kappa shape index (κ1) is 91.0. The smallest absolute Gasteiger partial charge is 0 e. The normalized spacial score (nSPS) is 7.60. The van der Waals surface area contributed by atoms with Crippen molar-refractivity contribution in [2.45, 2.75) is 0 Å². The first-order valence-corrected chi connectivity index (χ1v) is 1.89. The van der Waals surface area contributed by atoms with E-state index in [4.69, 9.17) is 20.4 Å². The Balaban J connectivity index is -0.00000000533. The van der Waals surface area contributed by atoms with Gasteiger partial charge in [0.15, 0.2) is 0 Å². The Morgan fingerprint density at radius 1 is 0.400 bits per heavy atom. The molecule has 17 N–H and O–H groups in total. The molecule has 0 heterocycles. The van der Waals surface area contributed by atoms with Gasteiger partial charge in [-0.1, -0.05) is 0 Å². The van der Waals surface area contributed by atoms with E-state index in [2.05, 4.69) is 0 Å². The van der Waals surface area contributed by atoms with Crippen LogP contribution in [0, 0.1) is 0 Å². The number of rotatable bonds is 0. The van der Waals surface area contributed by atoms with E-state index >= 15 is 0 Å². The number of aliphatic hydroxyl groups excluding tert-OH is 4. The van der Waals surface area contributed by atoms with E-state index in [0.717, 1.165) is 0 Å². The van der Waals surface area contributed by atoms with Crippen LogP contribution >= 0.6 is 0 Å². The Morgan fingerprint density at radius 2 is 0.450 bits per heavy atom. The summed E-state index contributed by atoms with van der Waals surface area (Å²) >= 11 is 0. The second kappa shape index (κ2) is 43.2. The molecule has 0 bridgehead atoms. The summed E-state index contributed by atoms with van der Waals surface area (Å²) in [5.41, 5.74) is 0. The second-order valence-electron chi connectivity index (χ2n) is 1.39. The molecule has 0 atom stereocenters. The number of hydrogen-bond acceptors (Lipinski definition) is 4. The van der Waals surface area contributed by atoms with Crippen LogP contribution in [0.4, 0.5) is 0 Å². The van der Waals surface area contributed by atoms with Gasteiger partial charge in [0.05, 0.1) is 0 Å². The third-order valence-corrected chi connectivity index (χ3v) is 0.897. The third kappa shape index (κ3) is 23.5. The fourth-order valence-corrected chi connectivity index (χ4v) is 0.386. The standard InChI is InChI=1S/C4H4O4.6H2O.6Sn.4H/c5-1-2(6)4(8)3(1)7;;;;;;;;;;;;;;;;/h5-8H;6*1H2;;;;;;;;;;/p+1. The molecule has 1 aliphatic carbocycles. The molecule has 120 valence electrons. The van der Waals surface area contributed by atoms with Gasteiger partial charge in [0.2, 0.25) is 23.0 Å². The minimum absolute atomic E-state index is 0. The molecule has 1 aliphatic rings. The molecule has 0 amide bonds. The van der Waals surface area contributed by atoms with Gasteiger partial charge >= 0.3 is 95.6 Å². The summed E-state index contributed by atoms with van der Waals surface area (Å²) in [6.45, 7) is 0. The summed E-state index contributed by atoms with van der Waals surface area (Å²) in [5, 5.41) is 33.3. The van der Waals surface area contributed by atoms with E-state index in [0.29, 0.717) is 0 Å². The molecule has 0 saturated carbocycles.